The summed E-state index contributed by atoms with van der Waals surface area (Å²) in [6.45, 7) is 3.72. The Labute approximate surface area is 130 Å². The van der Waals surface area contributed by atoms with Crippen LogP contribution < -0.4 is 14.8 Å². The molecule has 1 N–H and O–H groups in total. The molecule has 0 radical (unpaired) electrons. The van der Waals surface area contributed by atoms with E-state index in [4.69, 9.17) is 21.1 Å². The summed E-state index contributed by atoms with van der Waals surface area (Å²) in [6, 6.07) is 11.9. The Balaban J connectivity index is 2.47. The van der Waals surface area contributed by atoms with E-state index in [9.17, 15) is 0 Å². The third-order valence-corrected chi connectivity index (χ3v) is 3.69. The lowest BCUT2D eigenvalue weighted by Gasteiger charge is -2.14. The van der Waals surface area contributed by atoms with E-state index in [-0.39, 0.29) is 0 Å². The van der Waals surface area contributed by atoms with Gasteiger partial charge in [0.05, 0.1) is 14.2 Å². The van der Waals surface area contributed by atoms with Crippen LogP contribution in [0.2, 0.25) is 5.02 Å². The summed E-state index contributed by atoms with van der Waals surface area (Å²) in [6.07, 6.45) is 0. The van der Waals surface area contributed by atoms with E-state index in [1.807, 2.05) is 30.3 Å². The zero-order valence-corrected chi connectivity index (χ0v) is 13.3. The Hall–Kier alpha value is -1.71. The van der Waals surface area contributed by atoms with Gasteiger partial charge in [0.25, 0.3) is 0 Å². The third-order valence-electron chi connectivity index (χ3n) is 3.33. The van der Waals surface area contributed by atoms with E-state index in [0.29, 0.717) is 0 Å². The van der Waals surface area contributed by atoms with E-state index >= 15 is 0 Å². The maximum absolute atomic E-state index is 6.26. The van der Waals surface area contributed by atoms with Gasteiger partial charge in [-0.05, 0) is 35.9 Å². The molecule has 2 rings (SSSR count). The van der Waals surface area contributed by atoms with Crippen molar-refractivity contribution in [2.24, 2.45) is 0 Å². The molecular weight excluding hydrogens is 286 g/mol. The maximum Gasteiger partial charge on any atom is 0.168 e. The fraction of sp³-hybridized carbons (Fsp3) is 0.294. The number of para-hydroxylation sites is 1. The minimum absolute atomic E-state index is 0.721. The number of halogens is 1. The smallest absolute Gasteiger partial charge is 0.168 e. The molecule has 0 aliphatic heterocycles. The van der Waals surface area contributed by atoms with Gasteiger partial charge in [-0.15, -0.1) is 0 Å². The minimum atomic E-state index is 0.721. The topological polar surface area (TPSA) is 30.5 Å². The molecule has 0 aliphatic carbocycles. The van der Waals surface area contributed by atoms with E-state index in [1.54, 1.807) is 14.2 Å². The second kappa shape index (κ2) is 7.34. The number of hydrogen-bond donors (Lipinski definition) is 1. The highest BCUT2D eigenvalue weighted by Gasteiger charge is 2.12. The van der Waals surface area contributed by atoms with Crippen molar-refractivity contribution in [2.75, 3.05) is 20.8 Å². The zero-order chi connectivity index (χ0) is 15.2. The average molecular weight is 306 g/mol. The second-order valence-corrected chi connectivity index (χ2v) is 5.03. The first-order chi connectivity index (χ1) is 10.2. The zero-order valence-electron chi connectivity index (χ0n) is 12.6. The lowest BCUT2D eigenvalue weighted by Crippen LogP contribution is -2.12. The molecule has 0 atom stereocenters. The molecule has 0 amide bonds. The molecule has 0 saturated carbocycles. The second-order valence-electron chi connectivity index (χ2n) is 4.63. The van der Waals surface area contributed by atoms with Crippen LogP contribution in [0.4, 0.5) is 0 Å². The normalized spacial score (nSPS) is 10.5. The standard InChI is InChI=1S/C17H20ClNO2/c1-4-19-11-13-10-12(8-9-15(13)18)14-6-5-7-16(20-2)17(14)21-3/h5-10,19H,4,11H2,1-3H3. The molecule has 0 unspecified atom stereocenters. The monoisotopic (exact) mass is 305 g/mol. The summed E-state index contributed by atoms with van der Waals surface area (Å²) in [4.78, 5) is 0. The SMILES string of the molecule is CCNCc1cc(-c2cccc(OC)c2OC)ccc1Cl. The summed E-state index contributed by atoms with van der Waals surface area (Å²) in [5.74, 6) is 1.45. The largest absolute Gasteiger partial charge is 0.493 e. The molecule has 2 aromatic carbocycles. The Bertz CT molecular complexity index is 614. The van der Waals surface area contributed by atoms with E-state index < -0.39 is 0 Å². The molecule has 0 bridgehead atoms. The highest BCUT2D eigenvalue weighted by atomic mass is 35.5. The number of rotatable bonds is 6. The van der Waals surface area contributed by atoms with Gasteiger partial charge in [0, 0.05) is 17.1 Å². The fourth-order valence-corrected chi connectivity index (χ4v) is 2.44. The van der Waals surface area contributed by atoms with Crippen molar-refractivity contribution in [2.45, 2.75) is 13.5 Å². The van der Waals surface area contributed by atoms with Crippen LogP contribution in [-0.4, -0.2) is 20.8 Å². The van der Waals surface area contributed by atoms with Crippen LogP contribution >= 0.6 is 11.6 Å². The first-order valence-electron chi connectivity index (χ1n) is 6.91. The van der Waals surface area contributed by atoms with Crippen molar-refractivity contribution >= 4 is 11.6 Å². The molecule has 112 valence electrons. The molecule has 0 aromatic heterocycles. The number of methoxy groups -OCH3 is 2. The summed E-state index contributed by atoms with van der Waals surface area (Å²) in [7, 11) is 3.29. The number of ether oxygens (including phenoxy) is 2. The Kier molecular flexibility index (Phi) is 5.48. The first-order valence-corrected chi connectivity index (χ1v) is 7.29. The van der Waals surface area contributed by atoms with E-state index in [1.165, 1.54) is 0 Å². The van der Waals surface area contributed by atoms with Crippen molar-refractivity contribution < 1.29 is 9.47 Å². The van der Waals surface area contributed by atoms with E-state index in [2.05, 4.69) is 18.3 Å². The molecule has 0 heterocycles. The van der Waals surface area contributed by atoms with Gasteiger partial charge in [0.2, 0.25) is 0 Å². The van der Waals surface area contributed by atoms with Gasteiger partial charge in [-0.2, -0.15) is 0 Å². The van der Waals surface area contributed by atoms with Crippen molar-refractivity contribution in [1.29, 1.82) is 0 Å². The Morgan fingerprint density at radius 1 is 1.10 bits per heavy atom. The lowest BCUT2D eigenvalue weighted by molar-refractivity contribution is 0.356. The van der Waals surface area contributed by atoms with Crippen LogP contribution in [0.5, 0.6) is 11.5 Å². The molecule has 3 nitrogen and oxygen atoms in total. The molecule has 2 aromatic rings. The minimum Gasteiger partial charge on any atom is -0.493 e. The van der Waals surface area contributed by atoms with Crippen molar-refractivity contribution in [1.82, 2.24) is 5.32 Å². The third kappa shape index (κ3) is 3.49. The van der Waals surface area contributed by atoms with Crippen molar-refractivity contribution in [3.05, 3.63) is 47.0 Å². The summed E-state index contributed by atoms with van der Waals surface area (Å²) in [5.41, 5.74) is 3.12. The average Bonchev–Trinajstić information content (AvgIpc) is 2.53. The molecule has 0 spiro atoms. The molecule has 4 heteroatoms. The lowest BCUT2D eigenvalue weighted by atomic mass is 10.0. The quantitative estimate of drug-likeness (QED) is 0.870. The first kappa shape index (κ1) is 15.7. The fourth-order valence-electron chi connectivity index (χ4n) is 2.25. The maximum atomic E-state index is 6.26. The van der Waals surface area contributed by atoms with Crippen LogP contribution in [-0.2, 0) is 6.54 Å². The predicted octanol–water partition coefficient (Wildman–Crippen LogP) is 4.13. The number of nitrogens with one attached hydrogen (secondary N) is 1. The van der Waals surface area contributed by atoms with Gasteiger partial charge in [-0.3, -0.25) is 0 Å². The van der Waals surface area contributed by atoms with Gasteiger partial charge >= 0.3 is 0 Å². The van der Waals surface area contributed by atoms with Crippen LogP contribution in [0.3, 0.4) is 0 Å². The molecule has 0 aliphatic rings. The van der Waals surface area contributed by atoms with Gasteiger partial charge in [0.15, 0.2) is 11.5 Å². The van der Waals surface area contributed by atoms with Gasteiger partial charge < -0.3 is 14.8 Å². The van der Waals surface area contributed by atoms with Crippen LogP contribution in [0, 0.1) is 0 Å². The molecule has 0 fully saturated rings. The molecular formula is C17H20ClNO2. The van der Waals surface area contributed by atoms with E-state index in [0.717, 1.165) is 46.3 Å². The number of hydrogen-bond acceptors (Lipinski definition) is 3. The summed E-state index contributed by atoms with van der Waals surface area (Å²) in [5, 5.41) is 4.06. The number of benzene rings is 2. The van der Waals surface area contributed by atoms with Gasteiger partial charge in [-0.1, -0.05) is 36.7 Å². The summed E-state index contributed by atoms with van der Waals surface area (Å²) < 4.78 is 10.9. The predicted molar refractivity (Wildman–Crippen MR) is 87.4 cm³/mol. The molecule has 0 saturated heterocycles. The van der Waals surface area contributed by atoms with Crippen molar-refractivity contribution in [3.63, 3.8) is 0 Å². The highest BCUT2D eigenvalue weighted by Crippen LogP contribution is 2.38. The Morgan fingerprint density at radius 3 is 2.57 bits per heavy atom. The molecule has 21 heavy (non-hydrogen) atoms. The van der Waals surface area contributed by atoms with Crippen LogP contribution in [0.15, 0.2) is 36.4 Å². The van der Waals surface area contributed by atoms with Gasteiger partial charge in [-0.25, -0.2) is 0 Å². The Morgan fingerprint density at radius 2 is 1.90 bits per heavy atom. The summed E-state index contributed by atoms with van der Waals surface area (Å²) >= 11 is 6.26. The van der Waals surface area contributed by atoms with Crippen LogP contribution in [0.25, 0.3) is 11.1 Å². The van der Waals surface area contributed by atoms with Gasteiger partial charge in [0.1, 0.15) is 0 Å². The van der Waals surface area contributed by atoms with Crippen molar-refractivity contribution in [3.8, 4) is 22.6 Å². The van der Waals surface area contributed by atoms with Crippen LogP contribution in [0.1, 0.15) is 12.5 Å². The highest BCUT2D eigenvalue weighted by molar-refractivity contribution is 6.31.